The van der Waals surface area contributed by atoms with Crippen molar-refractivity contribution in [2.75, 3.05) is 5.32 Å². The van der Waals surface area contributed by atoms with Gasteiger partial charge in [0.05, 0.1) is 5.54 Å². The Bertz CT molecular complexity index is 368. The average molecular weight is 224 g/mol. The normalized spacial score (nSPS) is 14.9. The highest BCUT2D eigenvalue weighted by atomic mass is 16.2. The third-order valence-corrected chi connectivity index (χ3v) is 2.71. The van der Waals surface area contributed by atoms with Crippen LogP contribution in [-0.2, 0) is 4.79 Å². The van der Waals surface area contributed by atoms with Crippen molar-refractivity contribution in [1.82, 2.24) is 10.2 Å². The first-order valence-electron chi connectivity index (χ1n) is 5.52. The Hall–Kier alpha value is -1.36. The van der Waals surface area contributed by atoms with Crippen molar-refractivity contribution in [2.45, 2.75) is 45.6 Å². The molecule has 1 atom stereocenters. The molecule has 1 rings (SSSR count). The summed E-state index contributed by atoms with van der Waals surface area (Å²) in [5.41, 5.74) is 5.96. The van der Waals surface area contributed by atoms with Crippen LogP contribution in [-0.4, -0.2) is 21.6 Å². The molecule has 0 aliphatic carbocycles. The first-order valence-corrected chi connectivity index (χ1v) is 5.52. The summed E-state index contributed by atoms with van der Waals surface area (Å²) in [7, 11) is 0. The summed E-state index contributed by atoms with van der Waals surface area (Å²) in [5, 5.41) is 9.59. The highest BCUT2D eigenvalue weighted by molar-refractivity contribution is 5.96. The maximum Gasteiger partial charge on any atom is 0.245 e. The third-order valence-electron chi connectivity index (χ3n) is 2.71. The van der Waals surface area contributed by atoms with Crippen LogP contribution in [0.25, 0.3) is 0 Å². The lowest BCUT2D eigenvalue weighted by Gasteiger charge is -2.20. The maximum absolute atomic E-state index is 11.8. The van der Waals surface area contributed by atoms with Gasteiger partial charge in [0.25, 0.3) is 0 Å². The van der Waals surface area contributed by atoms with E-state index in [-0.39, 0.29) is 5.91 Å². The van der Waals surface area contributed by atoms with E-state index in [0.717, 1.165) is 5.69 Å². The number of hydrogen-bond acceptors (Lipinski definition) is 3. The van der Waals surface area contributed by atoms with Crippen molar-refractivity contribution in [3.63, 3.8) is 0 Å². The van der Waals surface area contributed by atoms with Gasteiger partial charge in [-0.3, -0.25) is 9.89 Å². The zero-order chi connectivity index (χ0) is 12.3. The van der Waals surface area contributed by atoms with Crippen molar-refractivity contribution >= 4 is 11.7 Å². The Labute approximate surface area is 95.8 Å². The first kappa shape index (κ1) is 12.7. The van der Waals surface area contributed by atoms with Crippen molar-refractivity contribution < 1.29 is 4.79 Å². The van der Waals surface area contributed by atoms with Gasteiger partial charge < -0.3 is 11.1 Å². The van der Waals surface area contributed by atoms with Crippen LogP contribution in [0, 0.1) is 0 Å². The zero-order valence-corrected chi connectivity index (χ0v) is 10.3. The minimum atomic E-state index is -0.850. The fourth-order valence-corrected chi connectivity index (χ4v) is 1.12. The molecule has 0 aliphatic rings. The molecule has 0 bridgehead atoms. The van der Waals surface area contributed by atoms with Crippen LogP contribution in [0.4, 0.5) is 5.82 Å². The van der Waals surface area contributed by atoms with Gasteiger partial charge in [-0.15, -0.1) is 0 Å². The number of aromatic nitrogens is 2. The van der Waals surface area contributed by atoms with Gasteiger partial charge in [-0.05, 0) is 19.3 Å². The minimum absolute atomic E-state index is 0.211. The maximum atomic E-state index is 11.8. The minimum Gasteiger partial charge on any atom is -0.318 e. The van der Waals surface area contributed by atoms with E-state index in [2.05, 4.69) is 29.4 Å². The highest BCUT2D eigenvalue weighted by Crippen LogP contribution is 2.16. The number of carbonyl (C=O) groups excluding carboxylic acids is 1. The van der Waals surface area contributed by atoms with E-state index in [4.69, 9.17) is 5.73 Å². The predicted molar refractivity (Wildman–Crippen MR) is 64.2 cm³/mol. The quantitative estimate of drug-likeness (QED) is 0.726. The van der Waals surface area contributed by atoms with Gasteiger partial charge in [-0.1, -0.05) is 20.8 Å². The lowest BCUT2D eigenvalue weighted by atomic mass is 10.00. The summed E-state index contributed by atoms with van der Waals surface area (Å²) < 4.78 is 0. The van der Waals surface area contributed by atoms with Crippen molar-refractivity contribution in [1.29, 1.82) is 0 Å². The van der Waals surface area contributed by atoms with E-state index in [1.165, 1.54) is 0 Å². The van der Waals surface area contributed by atoms with Gasteiger partial charge in [0.1, 0.15) is 0 Å². The summed E-state index contributed by atoms with van der Waals surface area (Å²) in [6, 6.07) is 1.83. The smallest absolute Gasteiger partial charge is 0.245 e. The van der Waals surface area contributed by atoms with Crippen molar-refractivity contribution in [2.24, 2.45) is 5.73 Å². The standard InChI is InChI=1S/C11H20N4O/c1-5-11(4,12)10(16)13-9-6-8(7(2)3)14-15-9/h6-7H,5,12H2,1-4H3,(H2,13,14,15,16). The summed E-state index contributed by atoms with van der Waals surface area (Å²) in [5.74, 6) is 0.671. The molecule has 0 radical (unpaired) electrons. The van der Waals surface area contributed by atoms with E-state index in [1.807, 2.05) is 13.0 Å². The molecule has 16 heavy (non-hydrogen) atoms. The first-order chi connectivity index (χ1) is 7.36. The van der Waals surface area contributed by atoms with Crippen molar-refractivity contribution in [3.8, 4) is 0 Å². The number of anilines is 1. The Balaban J connectivity index is 2.70. The molecule has 0 spiro atoms. The summed E-state index contributed by atoms with van der Waals surface area (Å²) in [4.78, 5) is 11.8. The SMILES string of the molecule is CCC(C)(N)C(=O)Nc1cc(C(C)C)[nH]n1. The Morgan fingerprint density at radius 1 is 1.69 bits per heavy atom. The molecule has 0 aromatic carbocycles. The zero-order valence-electron chi connectivity index (χ0n) is 10.3. The fourth-order valence-electron chi connectivity index (χ4n) is 1.12. The van der Waals surface area contributed by atoms with Crippen LogP contribution in [0.15, 0.2) is 6.07 Å². The van der Waals surface area contributed by atoms with Crippen LogP contribution < -0.4 is 11.1 Å². The lowest BCUT2D eigenvalue weighted by molar-refractivity contribution is -0.120. The Morgan fingerprint density at radius 2 is 2.31 bits per heavy atom. The molecule has 0 fully saturated rings. The van der Waals surface area contributed by atoms with Crippen LogP contribution in [0.3, 0.4) is 0 Å². The number of hydrogen-bond donors (Lipinski definition) is 3. The number of carbonyl (C=O) groups is 1. The number of nitrogens with two attached hydrogens (primary N) is 1. The highest BCUT2D eigenvalue weighted by Gasteiger charge is 2.26. The number of H-pyrrole nitrogens is 1. The van der Waals surface area contributed by atoms with Gasteiger partial charge >= 0.3 is 0 Å². The average Bonchev–Trinajstić information content (AvgIpc) is 2.66. The van der Waals surface area contributed by atoms with E-state index in [9.17, 15) is 4.79 Å². The van der Waals surface area contributed by atoms with Crippen molar-refractivity contribution in [3.05, 3.63) is 11.8 Å². The molecule has 5 heteroatoms. The summed E-state index contributed by atoms with van der Waals surface area (Å²) in [6.45, 7) is 7.69. The monoisotopic (exact) mass is 224 g/mol. The van der Waals surface area contributed by atoms with Crippen LogP contribution in [0.2, 0.25) is 0 Å². The van der Waals surface area contributed by atoms with E-state index >= 15 is 0 Å². The number of nitrogens with one attached hydrogen (secondary N) is 2. The molecule has 1 heterocycles. The van der Waals surface area contributed by atoms with Crippen LogP contribution in [0.1, 0.15) is 45.7 Å². The molecular weight excluding hydrogens is 204 g/mol. The molecule has 5 nitrogen and oxygen atoms in total. The predicted octanol–water partition coefficient (Wildman–Crippen LogP) is 1.60. The number of rotatable bonds is 4. The molecule has 0 aliphatic heterocycles. The second-order valence-corrected chi connectivity index (χ2v) is 4.59. The second-order valence-electron chi connectivity index (χ2n) is 4.59. The molecule has 90 valence electrons. The molecule has 0 saturated carbocycles. The van der Waals surface area contributed by atoms with Crippen LogP contribution in [0.5, 0.6) is 0 Å². The van der Waals surface area contributed by atoms with E-state index in [1.54, 1.807) is 6.92 Å². The molecule has 4 N–H and O–H groups in total. The topological polar surface area (TPSA) is 83.8 Å². The second kappa shape index (κ2) is 4.65. The van der Waals surface area contributed by atoms with Gasteiger partial charge in [0.2, 0.25) is 5.91 Å². The molecule has 1 aromatic rings. The molecule has 1 aromatic heterocycles. The third kappa shape index (κ3) is 2.82. The lowest BCUT2D eigenvalue weighted by Crippen LogP contribution is -2.47. The van der Waals surface area contributed by atoms with Crippen LogP contribution >= 0.6 is 0 Å². The van der Waals surface area contributed by atoms with E-state index in [0.29, 0.717) is 18.2 Å². The fraction of sp³-hybridized carbons (Fsp3) is 0.636. The van der Waals surface area contributed by atoms with Gasteiger partial charge in [0.15, 0.2) is 5.82 Å². The molecular formula is C11H20N4O. The van der Waals surface area contributed by atoms with Gasteiger partial charge in [-0.2, -0.15) is 5.10 Å². The Morgan fingerprint density at radius 3 is 2.75 bits per heavy atom. The molecule has 1 amide bonds. The summed E-state index contributed by atoms with van der Waals surface area (Å²) >= 11 is 0. The van der Waals surface area contributed by atoms with E-state index < -0.39 is 5.54 Å². The number of nitrogens with zero attached hydrogens (tertiary/aromatic N) is 1. The van der Waals surface area contributed by atoms with Gasteiger partial charge in [-0.25, -0.2) is 0 Å². The Kier molecular flexibility index (Phi) is 3.70. The summed E-state index contributed by atoms with van der Waals surface area (Å²) in [6.07, 6.45) is 0.584. The number of amides is 1. The van der Waals surface area contributed by atoms with Gasteiger partial charge in [0, 0.05) is 11.8 Å². The number of aromatic amines is 1. The largest absolute Gasteiger partial charge is 0.318 e. The molecule has 0 saturated heterocycles. The molecule has 1 unspecified atom stereocenters.